The molecule has 6 fully saturated rings. The number of amides is 1. The third kappa shape index (κ3) is 4.84. The molecule has 6 heteroatoms. The number of nitrogens with zero attached hydrogens (tertiary/aromatic N) is 1. The van der Waals surface area contributed by atoms with Crippen molar-refractivity contribution in [2.75, 3.05) is 0 Å². The van der Waals surface area contributed by atoms with Gasteiger partial charge in [0.2, 0.25) is 5.91 Å². The molecule has 1 aromatic rings. The molecule has 0 spiro atoms. The minimum absolute atomic E-state index is 0.102. The Morgan fingerprint density at radius 2 is 1.65 bits per heavy atom. The summed E-state index contributed by atoms with van der Waals surface area (Å²) in [6.45, 7) is 13.5. The van der Waals surface area contributed by atoms with E-state index < -0.39 is 5.41 Å². The Bertz CT molecular complexity index is 1370. The van der Waals surface area contributed by atoms with E-state index in [4.69, 9.17) is 4.74 Å². The third-order valence-corrected chi connectivity index (χ3v) is 15.4. The Labute approximate surface area is 277 Å². The van der Waals surface area contributed by atoms with E-state index in [2.05, 4.69) is 44.1 Å². The van der Waals surface area contributed by atoms with Crippen molar-refractivity contribution < 1.29 is 19.1 Å². The van der Waals surface area contributed by atoms with E-state index >= 15 is 0 Å². The Morgan fingerprint density at radius 1 is 0.891 bits per heavy atom. The minimum Gasteiger partial charge on any atom is -0.462 e. The molecule has 1 aromatic heterocycles. The summed E-state index contributed by atoms with van der Waals surface area (Å²) in [7, 11) is 0. The zero-order valence-corrected chi connectivity index (χ0v) is 29.3. The average molecular weight is 631 g/mol. The first-order valence-electron chi connectivity index (χ1n) is 18.6. The van der Waals surface area contributed by atoms with Crippen LogP contribution in [0.25, 0.3) is 0 Å². The number of carbonyl (C=O) groups excluding carboxylic acids is 3. The molecule has 7 rings (SSSR count). The Hall–Kier alpha value is -2.24. The number of esters is 1. The van der Waals surface area contributed by atoms with Crippen LogP contribution in [0.1, 0.15) is 137 Å². The molecule has 6 saturated carbocycles. The highest BCUT2D eigenvalue weighted by Crippen LogP contribution is 2.73. The Morgan fingerprint density at radius 3 is 2.35 bits per heavy atom. The van der Waals surface area contributed by atoms with Crippen LogP contribution in [0.3, 0.4) is 0 Å². The van der Waals surface area contributed by atoms with Crippen LogP contribution in [0.15, 0.2) is 24.4 Å². The van der Waals surface area contributed by atoms with Crippen molar-refractivity contribution in [3.8, 4) is 0 Å². The first-order chi connectivity index (χ1) is 21.7. The summed E-state index contributed by atoms with van der Waals surface area (Å²) in [5.41, 5.74) is 0.276. The molecule has 6 aliphatic rings. The number of carbonyl (C=O) groups is 3. The lowest BCUT2D eigenvalue weighted by atomic mass is 9.36. The highest BCUT2D eigenvalue weighted by molar-refractivity contribution is 5.85. The maximum absolute atomic E-state index is 14.4. The van der Waals surface area contributed by atoms with Gasteiger partial charge in [0.15, 0.2) is 0 Å². The van der Waals surface area contributed by atoms with Gasteiger partial charge in [-0.05, 0) is 130 Å². The lowest BCUT2D eigenvalue weighted by Gasteiger charge is -2.69. The van der Waals surface area contributed by atoms with Crippen LogP contribution in [0.4, 0.5) is 0 Å². The summed E-state index contributed by atoms with van der Waals surface area (Å²) < 4.78 is 6.19. The summed E-state index contributed by atoms with van der Waals surface area (Å²) in [4.78, 5) is 43.5. The van der Waals surface area contributed by atoms with E-state index in [1.165, 1.54) is 44.9 Å². The number of hydrogen-bond donors (Lipinski definition) is 1. The molecule has 5 unspecified atom stereocenters. The number of hydrogen-bond acceptors (Lipinski definition) is 5. The van der Waals surface area contributed by atoms with Gasteiger partial charge in [-0.15, -0.1) is 0 Å². The molecular weight excluding hydrogens is 572 g/mol. The monoisotopic (exact) mass is 630 g/mol. The van der Waals surface area contributed by atoms with E-state index in [1.54, 1.807) is 0 Å². The maximum Gasteiger partial charge on any atom is 0.307 e. The molecule has 0 radical (unpaired) electrons. The van der Waals surface area contributed by atoms with Gasteiger partial charge in [0.05, 0.1) is 23.1 Å². The van der Waals surface area contributed by atoms with Crippen molar-refractivity contribution in [3.63, 3.8) is 0 Å². The molecule has 0 aromatic carbocycles. The van der Waals surface area contributed by atoms with Gasteiger partial charge in [-0.25, -0.2) is 0 Å². The highest BCUT2D eigenvalue weighted by Gasteiger charge is 2.68. The SMILES string of the molecule is CC(C)(C=O)CC(=O)O[C@H]1CC[C@@]2(C)C(CC[C@@]3(C)C4CC[C@@]5(C(=O)NC6(c7ccccn7)CC6)CCCC5C4CCC32)C1(C)C. The molecule has 1 N–H and O–H groups in total. The predicted molar refractivity (Wildman–Crippen MR) is 178 cm³/mol. The number of pyridine rings is 1. The van der Waals surface area contributed by atoms with E-state index in [0.717, 1.165) is 50.5 Å². The quantitative estimate of drug-likeness (QED) is 0.243. The van der Waals surface area contributed by atoms with Crippen molar-refractivity contribution in [2.24, 2.45) is 56.7 Å². The number of nitrogens with one attached hydrogen (secondary N) is 1. The molecular formula is C40H58N2O4. The summed E-state index contributed by atoms with van der Waals surface area (Å²) in [6, 6.07) is 6.08. The van der Waals surface area contributed by atoms with Gasteiger partial charge in [0.1, 0.15) is 12.4 Å². The molecule has 1 heterocycles. The Kier molecular flexibility index (Phi) is 7.65. The van der Waals surface area contributed by atoms with E-state index in [9.17, 15) is 14.4 Å². The van der Waals surface area contributed by atoms with Gasteiger partial charge < -0.3 is 14.8 Å². The fraction of sp³-hybridized carbons (Fsp3) is 0.800. The first-order valence-corrected chi connectivity index (χ1v) is 18.6. The second-order valence-corrected chi connectivity index (χ2v) is 18.6. The standard InChI is InChI=1S/C40H58N2O4/c1-35(2,25-43)24-33(44)46-32-16-19-38(6)29(36(32,3)4)15-18-37(5)27-14-20-39(17-9-10-28(39)26(27)12-13-30(37)38)34(45)42-40(21-22-40)31-11-7-8-23-41-31/h7-8,11,23,25-30,32H,9-10,12-22,24H2,1-6H3,(H,42,45)/t26?,27?,28?,29?,30?,32-,37-,38-,39-/m0/s1. The molecule has 0 saturated heterocycles. The van der Waals surface area contributed by atoms with Gasteiger partial charge in [0, 0.05) is 17.0 Å². The molecule has 6 nitrogen and oxygen atoms in total. The number of fused-ring (bicyclic) bond motifs is 7. The van der Waals surface area contributed by atoms with Crippen molar-refractivity contribution in [1.29, 1.82) is 0 Å². The van der Waals surface area contributed by atoms with Crippen LogP contribution in [0, 0.1) is 56.7 Å². The van der Waals surface area contributed by atoms with Crippen molar-refractivity contribution >= 4 is 18.2 Å². The van der Waals surface area contributed by atoms with Gasteiger partial charge in [-0.1, -0.05) is 54.0 Å². The second-order valence-electron chi connectivity index (χ2n) is 18.6. The van der Waals surface area contributed by atoms with Crippen LogP contribution in [-0.2, 0) is 24.7 Å². The lowest BCUT2D eigenvalue weighted by molar-refractivity contribution is -0.221. The minimum atomic E-state index is -0.689. The smallest absolute Gasteiger partial charge is 0.307 e. The third-order valence-electron chi connectivity index (χ3n) is 15.4. The molecule has 1 amide bonds. The summed E-state index contributed by atoms with van der Waals surface area (Å²) in [5.74, 6) is 3.07. The molecule has 0 aliphatic heterocycles. The predicted octanol–water partition coefficient (Wildman–Crippen LogP) is 8.18. The number of ether oxygens (including phenoxy) is 1. The molecule has 252 valence electrons. The van der Waals surface area contributed by atoms with Crippen LogP contribution in [0.2, 0.25) is 0 Å². The fourth-order valence-corrected chi connectivity index (χ4v) is 13.0. The maximum atomic E-state index is 14.4. The molecule has 0 bridgehead atoms. The summed E-state index contributed by atoms with van der Waals surface area (Å²) in [5, 5.41) is 3.61. The summed E-state index contributed by atoms with van der Waals surface area (Å²) in [6.07, 6.45) is 17.3. The molecule has 6 aliphatic carbocycles. The first kappa shape index (κ1) is 32.3. The number of aldehydes is 1. The van der Waals surface area contributed by atoms with E-state index in [1.807, 2.05) is 32.2 Å². The number of aromatic nitrogens is 1. The van der Waals surface area contributed by atoms with Crippen LogP contribution >= 0.6 is 0 Å². The lowest BCUT2D eigenvalue weighted by Crippen LogP contribution is -2.64. The topological polar surface area (TPSA) is 85.4 Å². The number of rotatable bonds is 7. The zero-order chi connectivity index (χ0) is 32.8. The normalized spacial score (nSPS) is 42.0. The van der Waals surface area contributed by atoms with Gasteiger partial charge in [-0.3, -0.25) is 14.6 Å². The van der Waals surface area contributed by atoms with Crippen LogP contribution in [0.5, 0.6) is 0 Å². The van der Waals surface area contributed by atoms with Gasteiger partial charge in [-0.2, -0.15) is 0 Å². The van der Waals surface area contributed by atoms with Crippen molar-refractivity contribution in [2.45, 2.75) is 143 Å². The fourth-order valence-electron chi connectivity index (χ4n) is 13.0. The van der Waals surface area contributed by atoms with Gasteiger partial charge >= 0.3 is 5.97 Å². The molecule has 9 atom stereocenters. The van der Waals surface area contributed by atoms with E-state index in [-0.39, 0.29) is 40.3 Å². The second kappa shape index (κ2) is 10.9. The van der Waals surface area contributed by atoms with Gasteiger partial charge in [0.25, 0.3) is 0 Å². The molecule has 46 heavy (non-hydrogen) atoms. The zero-order valence-electron chi connectivity index (χ0n) is 29.3. The average Bonchev–Trinajstić information content (AvgIpc) is 3.65. The Balaban J connectivity index is 1.08. The van der Waals surface area contributed by atoms with Crippen LogP contribution < -0.4 is 5.32 Å². The van der Waals surface area contributed by atoms with Crippen LogP contribution in [-0.4, -0.2) is 29.3 Å². The highest BCUT2D eigenvalue weighted by atomic mass is 16.5. The summed E-state index contributed by atoms with van der Waals surface area (Å²) >= 11 is 0. The van der Waals surface area contributed by atoms with E-state index in [0.29, 0.717) is 40.9 Å². The van der Waals surface area contributed by atoms with Crippen molar-refractivity contribution in [1.82, 2.24) is 10.3 Å². The largest absolute Gasteiger partial charge is 0.462 e. The van der Waals surface area contributed by atoms with Crippen molar-refractivity contribution in [3.05, 3.63) is 30.1 Å².